The second-order valence-electron chi connectivity index (χ2n) is 5.25. The number of aromatic hydroxyl groups is 1. The van der Waals surface area contributed by atoms with E-state index in [1.165, 1.54) is 12.1 Å². The van der Waals surface area contributed by atoms with Crippen molar-refractivity contribution < 1.29 is 14.6 Å². The highest BCUT2D eigenvalue weighted by Gasteiger charge is 2.12. The van der Waals surface area contributed by atoms with Gasteiger partial charge < -0.3 is 15.5 Å². The van der Waals surface area contributed by atoms with Crippen molar-refractivity contribution in [3.05, 3.63) is 65.5 Å². The van der Waals surface area contributed by atoms with Crippen LogP contribution in [0.3, 0.4) is 0 Å². The molecule has 3 N–H and O–H groups in total. The predicted molar refractivity (Wildman–Crippen MR) is 80.4 cm³/mol. The topological polar surface area (TPSA) is 52.5 Å². The number of aliphatic hydroxyl groups is 1. The summed E-state index contributed by atoms with van der Waals surface area (Å²) in [4.78, 5) is 0. The molecular formula is C17H20FNO2. The molecule has 0 aliphatic heterocycles. The van der Waals surface area contributed by atoms with E-state index in [4.69, 9.17) is 0 Å². The van der Waals surface area contributed by atoms with Crippen LogP contribution >= 0.6 is 0 Å². The predicted octanol–water partition coefficient (Wildman–Crippen LogP) is 3.13. The number of hydrogen-bond acceptors (Lipinski definition) is 3. The molecular weight excluding hydrogens is 269 g/mol. The minimum absolute atomic E-state index is 0.0902. The summed E-state index contributed by atoms with van der Waals surface area (Å²) in [6, 6.07) is 13.0. The Kier molecular flexibility index (Phi) is 5.31. The molecule has 2 rings (SSSR count). The molecule has 0 radical (unpaired) electrons. The Labute approximate surface area is 124 Å². The molecule has 0 spiro atoms. The number of rotatable bonds is 6. The molecule has 0 saturated heterocycles. The van der Waals surface area contributed by atoms with Gasteiger partial charge in [-0.1, -0.05) is 24.3 Å². The molecule has 112 valence electrons. The number of halogens is 1. The quantitative estimate of drug-likeness (QED) is 0.766. The second kappa shape index (κ2) is 7.20. The van der Waals surface area contributed by atoms with E-state index in [-0.39, 0.29) is 17.6 Å². The lowest BCUT2D eigenvalue weighted by atomic mass is 10.0. The van der Waals surface area contributed by atoms with Crippen LogP contribution in [0.2, 0.25) is 0 Å². The van der Waals surface area contributed by atoms with Gasteiger partial charge in [-0.05, 0) is 48.7 Å². The zero-order valence-electron chi connectivity index (χ0n) is 12.0. The summed E-state index contributed by atoms with van der Waals surface area (Å²) in [5.74, 6) is -0.0608. The summed E-state index contributed by atoms with van der Waals surface area (Å²) in [6.45, 7) is 2.60. The number of benzene rings is 2. The van der Waals surface area contributed by atoms with Crippen molar-refractivity contribution in [1.29, 1.82) is 0 Å². The van der Waals surface area contributed by atoms with E-state index < -0.39 is 6.10 Å². The molecule has 0 unspecified atom stereocenters. The van der Waals surface area contributed by atoms with Crippen LogP contribution in [0.15, 0.2) is 48.5 Å². The van der Waals surface area contributed by atoms with E-state index in [9.17, 15) is 14.6 Å². The number of nitrogens with one attached hydrogen (secondary N) is 1. The van der Waals surface area contributed by atoms with Crippen molar-refractivity contribution >= 4 is 0 Å². The van der Waals surface area contributed by atoms with Gasteiger partial charge >= 0.3 is 0 Å². The summed E-state index contributed by atoms with van der Waals surface area (Å²) in [7, 11) is 0. The summed E-state index contributed by atoms with van der Waals surface area (Å²) in [5.41, 5.74) is 1.69. The molecule has 0 heterocycles. The number of phenolic OH excluding ortho intramolecular Hbond substituents is 1. The highest BCUT2D eigenvalue weighted by molar-refractivity contribution is 5.27. The van der Waals surface area contributed by atoms with E-state index in [1.807, 2.05) is 13.0 Å². The zero-order chi connectivity index (χ0) is 15.2. The molecule has 21 heavy (non-hydrogen) atoms. The lowest BCUT2D eigenvalue weighted by Gasteiger charge is -2.18. The molecule has 0 amide bonds. The average molecular weight is 289 g/mol. The van der Waals surface area contributed by atoms with Gasteiger partial charge in [0.25, 0.3) is 0 Å². The Bertz CT molecular complexity index is 571. The highest BCUT2D eigenvalue weighted by atomic mass is 19.1. The van der Waals surface area contributed by atoms with Gasteiger partial charge in [-0.3, -0.25) is 0 Å². The van der Waals surface area contributed by atoms with Crippen LogP contribution in [0.25, 0.3) is 0 Å². The lowest BCUT2D eigenvalue weighted by Crippen LogP contribution is -2.27. The normalized spacial score (nSPS) is 13.9. The molecule has 0 aromatic heterocycles. The first-order chi connectivity index (χ1) is 10.0. The fourth-order valence-electron chi connectivity index (χ4n) is 2.20. The fraction of sp³-hybridized carbons (Fsp3) is 0.294. The van der Waals surface area contributed by atoms with E-state index >= 15 is 0 Å². The molecule has 0 bridgehead atoms. The lowest BCUT2D eigenvalue weighted by molar-refractivity contribution is 0.153. The van der Waals surface area contributed by atoms with Crippen LogP contribution in [0.4, 0.5) is 4.39 Å². The van der Waals surface area contributed by atoms with Gasteiger partial charge in [0.15, 0.2) is 0 Å². The monoisotopic (exact) mass is 289 g/mol. The Morgan fingerprint density at radius 2 is 1.86 bits per heavy atom. The first-order valence-corrected chi connectivity index (χ1v) is 6.99. The molecule has 0 fully saturated rings. The van der Waals surface area contributed by atoms with Gasteiger partial charge in [0, 0.05) is 12.6 Å². The minimum Gasteiger partial charge on any atom is -0.508 e. The summed E-state index contributed by atoms with van der Waals surface area (Å²) in [6.07, 6.45) is -0.0953. The first-order valence-electron chi connectivity index (χ1n) is 6.99. The van der Waals surface area contributed by atoms with Crippen molar-refractivity contribution in [1.82, 2.24) is 5.32 Å². The van der Waals surface area contributed by atoms with Gasteiger partial charge in [0.2, 0.25) is 0 Å². The van der Waals surface area contributed by atoms with E-state index in [0.717, 1.165) is 5.56 Å². The molecule has 4 heteroatoms. The maximum Gasteiger partial charge on any atom is 0.123 e. The van der Waals surface area contributed by atoms with E-state index in [2.05, 4.69) is 5.32 Å². The van der Waals surface area contributed by atoms with Crippen molar-refractivity contribution in [2.45, 2.75) is 32.0 Å². The Morgan fingerprint density at radius 3 is 2.52 bits per heavy atom. The molecule has 0 aliphatic rings. The van der Waals surface area contributed by atoms with Crippen LogP contribution in [0.5, 0.6) is 5.75 Å². The highest BCUT2D eigenvalue weighted by Crippen LogP contribution is 2.19. The molecule has 2 aromatic carbocycles. The standard InChI is InChI=1S/C17H20FNO2/c1-12(19-11-13-3-2-4-16(20)10-13)9-17(21)14-5-7-15(18)8-6-14/h2-8,10,12,17,19-21H,9,11H2,1H3/t12-,17+/m1/s1. The third-order valence-corrected chi connectivity index (χ3v) is 3.40. The Morgan fingerprint density at radius 1 is 1.14 bits per heavy atom. The van der Waals surface area contributed by atoms with Crippen LogP contribution in [-0.2, 0) is 6.54 Å². The van der Waals surface area contributed by atoms with Crippen molar-refractivity contribution in [3.8, 4) is 5.75 Å². The zero-order valence-corrected chi connectivity index (χ0v) is 12.0. The largest absolute Gasteiger partial charge is 0.508 e. The Hall–Kier alpha value is -1.91. The number of phenols is 1. The van der Waals surface area contributed by atoms with Crippen LogP contribution in [0.1, 0.15) is 30.6 Å². The number of hydrogen-bond donors (Lipinski definition) is 3. The summed E-state index contributed by atoms with van der Waals surface area (Å²) < 4.78 is 12.8. The van der Waals surface area contributed by atoms with Gasteiger partial charge in [0.05, 0.1) is 6.10 Å². The SMILES string of the molecule is C[C@H](C[C@H](O)c1ccc(F)cc1)NCc1cccc(O)c1. The molecule has 2 aromatic rings. The maximum absolute atomic E-state index is 12.8. The third kappa shape index (κ3) is 4.85. The average Bonchev–Trinajstić information content (AvgIpc) is 2.46. The van der Waals surface area contributed by atoms with Crippen LogP contribution < -0.4 is 5.32 Å². The van der Waals surface area contributed by atoms with Crippen molar-refractivity contribution in [2.24, 2.45) is 0 Å². The molecule has 3 nitrogen and oxygen atoms in total. The minimum atomic E-state index is -0.628. The van der Waals surface area contributed by atoms with Crippen LogP contribution in [0, 0.1) is 5.82 Å². The van der Waals surface area contributed by atoms with Gasteiger partial charge in [-0.15, -0.1) is 0 Å². The van der Waals surface area contributed by atoms with E-state index in [1.54, 1.807) is 30.3 Å². The maximum atomic E-state index is 12.8. The van der Waals surface area contributed by atoms with Crippen LogP contribution in [-0.4, -0.2) is 16.3 Å². The first kappa shape index (κ1) is 15.5. The third-order valence-electron chi connectivity index (χ3n) is 3.40. The summed E-state index contributed by atoms with van der Waals surface area (Å²) in [5, 5.41) is 22.8. The van der Waals surface area contributed by atoms with E-state index in [0.29, 0.717) is 18.5 Å². The molecule has 0 aliphatic carbocycles. The van der Waals surface area contributed by atoms with Crippen molar-refractivity contribution in [2.75, 3.05) is 0 Å². The Balaban J connectivity index is 1.83. The summed E-state index contributed by atoms with van der Waals surface area (Å²) >= 11 is 0. The van der Waals surface area contributed by atoms with Gasteiger partial charge in [0.1, 0.15) is 11.6 Å². The van der Waals surface area contributed by atoms with Gasteiger partial charge in [-0.2, -0.15) is 0 Å². The van der Waals surface area contributed by atoms with Crippen molar-refractivity contribution in [3.63, 3.8) is 0 Å². The molecule has 2 atom stereocenters. The second-order valence-corrected chi connectivity index (χ2v) is 5.25. The van der Waals surface area contributed by atoms with Gasteiger partial charge in [-0.25, -0.2) is 4.39 Å². The molecule has 0 saturated carbocycles. The number of aliphatic hydroxyl groups excluding tert-OH is 1. The fourth-order valence-corrected chi connectivity index (χ4v) is 2.20. The smallest absolute Gasteiger partial charge is 0.123 e.